The molecule has 1 aromatic heterocycles. The maximum Gasteiger partial charge on any atom is 0.261 e. The second-order valence-corrected chi connectivity index (χ2v) is 6.96. The van der Waals surface area contributed by atoms with E-state index in [1.54, 1.807) is 17.0 Å². The van der Waals surface area contributed by atoms with Gasteiger partial charge in [0.2, 0.25) is 5.91 Å². The number of carbonyl (C=O) groups is 1. The van der Waals surface area contributed by atoms with Crippen molar-refractivity contribution in [3.8, 4) is 0 Å². The minimum atomic E-state index is -0.0813. The molecule has 132 valence electrons. The van der Waals surface area contributed by atoms with E-state index in [0.29, 0.717) is 31.5 Å². The first kappa shape index (κ1) is 16.3. The molecule has 2 heterocycles. The Balaban J connectivity index is 1.49. The number of para-hydroxylation sites is 1. The lowest BCUT2D eigenvalue weighted by Crippen LogP contribution is -2.51. The summed E-state index contributed by atoms with van der Waals surface area (Å²) in [5.74, 6) is 0.108. The molecule has 6 heteroatoms. The molecule has 1 saturated heterocycles. The highest BCUT2D eigenvalue weighted by Crippen LogP contribution is 2.30. The third kappa shape index (κ3) is 2.95. The molecule has 25 heavy (non-hydrogen) atoms. The van der Waals surface area contributed by atoms with E-state index in [-0.39, 0.29) is 23.6 Å². The van der Waals surface area contributed by atoms with Crippen LogP contribution in [-0.2, 0) is 16.1 Å². The molecule has 0 bridgehead atoms. The fourth-order valence-electron chi connectivity index (χ4n) is 4.09. The highest BCUT2D eigenvalue weighted by Gasteiger charge is 2.38. The van der Waals surface area contributed by atoms with Gasteiger partial charge in [-0.05, 0) is 37.8 Å². The quantitative estimate of drug-likeness (QED) is 0.855. The van der Waals surface area contributed by atoms with Crippen LogP contribution in [0.5, 0.6) is 0 Å². The first-order valence-corrected chi connectivity index (χ1v) is 9.01. The first-order valence-electron chi connectivity index (χ1n) is 9.01. The second kappa shape index (κ2) is 6.59. The molecule has 2 aromatic rings. The van der Waals surface area contributed by atoms with Crippen LogP contribution < -0.4 is 5.56 Å². The van der Waals surface area contributed by atoms with E-state index in [1.807, 2.05) is 24.0 Å². The lowest BCUT2D eigenvalue weighted by atomic mass is 10.1. The summed E-state index contributed by atoms with van der Waals surface area (Å²) in [4.78, 5) is 31.7. The van der Waals surface area contributed by atoms with Crippen LogP contribution in [0.25, 0.3) is 10.9 Å². The number of fused-ring (bicyclic) bond motifs is 2. The van der Waals surface area contributed by atoms with Crippen LogP contribution in [0.3, 0.4) is 0 Å². The Bertz CT molecular complexity index is 861. The van der Waals surface area contributed by atoms with E-state index in [0.717, 1.165) is 30.3 Å². The average Bonchev–Trinajstić information content (AvgIpc) is 3.10. The van der Waals surface area contributed by atoms with Crippen molar-refractivity contribution in [2.24, 2.45) is 0 Å². The molecule has 0 spiro atoms. The topological polar surface area (TPSA) is 64.4 Å². The van der Waals surface area contributed by atoms with E-state index >= 15 is 0 Å². The number of hydrogen-bond donors (Lipinski definition) is 0. The van der Waals surface area contributed by atoms with Gasteiger partial charge in [-0.3, -0.25) is 14.2 Å². The van der Waals surface area contributed by atoms with E-state index < -0.39 is 0 Å². The first-order chi connectivity index (χ1) is 12.1. The van der Waals surface area contributed by atoms with E-state index in [2.05, 4.69) is 4.98 Å². The summed E-state index contributed by atoms with van der Waals surface area (Å²) in [5, 5.41) is 0.608. The molecule has 2 aliphatic rings. The van der Waals surface area contributed by atoms with Gasteiger partial charge in [-0.25, -0.2) is 4.98 Å². The normalized spacial score (nSPS) is 23.0. The zero-order valence-corrected chi connectivity index (χ0v) is 14.5. The summed E-state index contributed by atoms with van der Waals surface area (Å²) in [5.41, 5.74) is 1.64. The van der Waals surface area contributed by atoms with E-state index in [1.165, 1.54) is 0 Å². The fourth-order valence-corrected chi connectivity index (χ4v) is 4.09. The summed E-state index contributed by atoms with van der Waals surface area (Å²) in [6, 6.07) is 5.82. The Kier molecular flexibility index (Phi) is 4.29. The van der Waals surface area contributed by atoms with Crippen molar-refractivity contribution < 1.29 is 9.53 Å². The molecule has 4 rings (SSSR count). The zero-order chi connectivity index (χ0) is 17.4. The maximum atomic E-state index is 12.7. The maximum absolute atomic E-state index is 12.7. The molecule has 2 atom stereocenters. The van der Waals surface area contributed by atoms with Gasteiger partial charge in [0.05, 0.1) is 36.0 Å². The molecular weight excluding hydrogens is 318 g/mol. The van der Waals surface area contributed by atoms with Crippen molar-refractivity contribution in [3.63, 3.8) is 0 Å². The minimum absolute atomic E-state index is 0.0813. The standard InChI is InChI=1S/C19H23N3O3/c1-13-4-2-5-14-18(13)20-12-21(19(14)24)9-8-17(23)22-10-11-25-16-7-3-6-15(16)22/h2,4-5,12,15-16H,3,6-11H2,1H3/t15-,16+/m1/s1. The number of rotatable bonds is 3. The van der Waals surface area contributed by atoms with Crippen molar-refractivity contribution in [2.45, 2.75) is 51.3 Å². The van der Waals surface area contributed by atoms with E-state index in [4.69, 9.17) is 4.74 Å². The van der Waals surface area contributed by atoms with Crippen molar-refractivity contribution in [1.29, 1.82) is 0 Å². The predicted molar refractivity (Wildman–Crippen MR) is 94.4 cm³/mol. The average molecular weight is 341 g/mol. The minimum Gasteiger partial charge on any atom is -0.374 e. The van der Waals surface area contributed by atoms with Crippen LogP contribution in [0, 0.1) is 6.92 Å². The van der Waals surface area contributed by atoms with Gasteiger partial charge in [0.25, 0.3) is 5.56 Å². The third-order valence-corrected chi connectivity index (χ3v) is 5.42. The predicted octanol–water partition coefficient (Wildman–Crippen LogP) is 1.87. The number of morpholine rings is 1. The Labute approximate surface area is 146 Å². The number of aryl methyl sites for hydroxylation is 2. The molecular formula is C19H23N3O3. The summed E-state index contributed by atoms with van der Waals surface area (Å²) in [6.45, 7) is 3.58. The largest absolute Gasteiger partial charge is 0.374 e. The lowest BCUT2D eigenvalue weighted by molar-refractivity contribution is -0.144. The van der Waals surface area contributed by atoms with Crippen molar-refractivity contribution >= 4 is 16.8 Å². The molecule has 2 fully saturated rings. The van der Waals surface area contributed by atoms with Crippen LogP contribution in [0.4, 0.5) is 0 Å². The molecule has 0 unspecified atom stereocenters. The van der Waals surface area contributed by atoms with Crippen LogP contribution in [0.1, 0.15) is 31.2 Å². The third-order valence-electron chi connectivity index (χ3n) is 5.42. The van der Waals surface area contributed by atoms with Crippen molar-refractivity contribution in [2.75, 3.05) is 13.2 Å². The van der Waals surface area contributed by atoms with Gasteiger partial charge in [-0.15, -0.1) is 0 Å². The molecule has 0 N–H and O–H groups in total. The summed E-state index contributed by atoms with van der Waals surface area (Å²) < 4.78 is 7.31. The number of aromatic nitrogens is 2. The molecule has 1 aliphatic heterocycles. The van der Waals surface area contributed by atoms with Crippen LogP contribution in [-0.4, -0.2) is 45.7 Å². The summed E-state index contributed by atoms with van der Waals surface area (Å²) >= 11 is 0. The SMILES string of the molecule is Cc1cccc2c(=O)n(CCC(=O)N3CCO[C@H]4CCC[C@H]43)cnc12. The lowest BCUT2D eigenvalue weighted by Gasteiger charge is -2.37. The molecule has 1 aromatic carbocycles. The fraction of sp³-hybridized carbons (Fsp3) is 0.526. The summed E-state index contributed by atoms with van der Waals surface area (Å²) in [7, 11) is 0. The number of benzene rings is 1. The monoisotopic (exact) mass is 341 g/mol. The Morgan fingerprint density at radius 3 is 3.12 bits per heavy atom. The Hall–Kier alpha value is -2.21. The van der Waals surface area contributed by atoms with Crippen LogP contribution in [0.15, 0.2) is 29.3 Å². The van der Waals surface area contributed by atoms with Gasteiger partial charge < -0.3 is 9.64 Å². The molecule has 1 amide bonds. The van der Waals surface area contributed by atoms with Crippen LogP contribution >= 0.6 is 0 Å². The molecule has 1 saturated carbocycles. The number of amides is 1. The molecule has 1 aliphatic carbocycles. The van der Waals surface area contributed by atoms with Gasteiger partial charge >= 0.3 is 0 Å². The number of carbonyl (C=O) groups excluding carboxylic acids is 1. The number of nitrogens with zero attached hydrogens (tertiary/aromatic N) is 3. The van der Waals surface area contributed by atoms with Gasteiger partial charge in [0.1, 0.15) is 0 Å². The van der Waals surface area contributed by atoms with Gasteiger partial charge in [-0.2, -0.15) is 0 Å². The van der Waals surface area contributed by atoms with Crippen molar-refractivity contribution in [3.05, 3.63) is 40.4 Å². The highest BCUT2D eigenvalue weighted by molar-refractivity contribution is 5.80. The Morgan fingerprint density at radius 1 is 1.36 bits per heavy atom. The number of ether oxygens (including phenoxy) is 1. The smallest absolute Gasteiger partial charge is 0.261 e. The van der Waals surface area contributed by atoms with Crippen LogP contribution in [0.2, 0.25) is 0 Å². The molecule has 0 radical (unpaired) electrons. The highest BCUT2D eigenvalue weighted by atomic mass is 16.5. The molecule has 6 nitrogen and oxygen atoms in total. The van der Waals surface area contributed by atoms with E-state index in [9.17, 15) is 9.59 Å². The van der Waals surface area contributed by atoms with Gasteiger partial charge in [-0.1, -0.05) is 12.1 Å². The van der Waals surface area contributed by atoms with Crippen molar-refractivity contribution in [1.82, 2.24) is 14.5 Å². The number of hydrogen-bond acceptors (Lipinski definition) is 4. The zero-order valence-electron chi connectivity index (χ0n) is 14.5. The second-order valence-electron chi connectivity index (χ2n) is 6.96. The Morgan fingerprint density at radius 2 is 2.24 bits per heavy atom. The van der Waals surface area contributed by atoms with Gasteiger partial charge in [0, 0.05) is 19.5 Å². The summed E-state index contributed by atoms with van der Waals surface area (Å²) in [6.07, 6.45) is 5.26. The van der Waals surface area contributed by atoms with Gasteiger partial charge in [0.15, 0.2) is 0 Å².